The molecule has 1 atom stereocenters. The van der Waals surface area contributed by atoms with E-state index in [1.807, 2.05) is 0 Å². The van der Waals surface area contributed by atoms with Crippen LogP contribution < -0.4 is 5.73 Å². The second-order valence-electron chi connectivity index (χ2n) is 11.4. The lowest BCUT2D eigenvalue weighted by molar-refractivity contribution is 0.252. The Bertz CT molecular complexity index is 327. The van der Waals surface area contributed by atoms with Crippen LogP contribution in [0.25, 0.3) is 0 Å². The summed E-state index contributed by atoms with van der Waals surface area (Å²) in [5, 5.41) is 0. The van der Waals surface area contributed by atoms with Crippen molar-refractivity contribution in [2.45, 2.75) is 187 Å². The molecule has 0 aliphatic heterocycles. The van der Waals surface area contributed by atoms with Gasteiger partial charge in [-0.15, -0.1) is 0 Å². The lowest BCUT2D eigenvalue weighted by atomic mass is 10.0. The van der Waals surface area contributed by atoms with E-state index < -0.39 is 0 Å². The zero-order chi connectivity index (χ0) is 25.0. The lowest BCUT2D eigenvalue weighted by Gasteiger charge is -2.23. The summed E-state index contributed by atoms with van der Waals surface area (Å²) in [7, 11) is 0. The highest BCUT2D eigenvalue weighted by Crippen LogP contribution is 2.14. The van der Waals surface area contributed by atoms with Crippen molar-refractivity contribution >= 4 is 0 Å². The second-order valence-corrected chi connectivity index (χ2v) is 11.4. The molecule has 2 nitrogen and oxygen atoms in total. The Morgan fingerprint density at radius 3 is 0.941 bits per heavy atom. The summed E-state index contributed by atoms with van der Waals surface area (Å²) in [5.74, 6) is 0. The Labute approximate surface area is 217 Å². The maximum absolute atomic E-state index is 6.05. The first-order chi connectivity index (χ1) is 16.7. The van der Waals surface area contributed by atoms with Gasteiger partial charge in [-0.05, 0) is 45.8 Å². The molecule has 206 valence electrons. The van der Waals surface area contributed by atoms with E-state index in [-0.39, 0.29) is 0 Å². The van der Waals surface area contributed by atoms with Crippen LogP contribution in [0.4, 0.5) is 0 Å². The fraction of sp³-hybridized carbons (Fsp3) is 1.00. The van der Waals surface area contributed by atoms with Crippen molar-refractivity contribution in [1.82, 2.24) is 4.90 Å². The van der Waals surface area contributed by atoms with E-state index in [2.05, 4.69) is 25.7 Å². The third kappa shape index (κ3) is 28.2. The van der Waals surface area contributed by atoms with Gasteiger partial charge in [0.25, 0.3) is 0 Å². The van der Waals surface area contributed by atoms with Crippen LogP contribution in [0.15, 0.2) is 0 Å². The molecular formula is C32H68N2. The maximum atomic E-state index is 6.05. The highest BCUT2D eigenvalue weighted by Gasteiger charge is 2.06. The number of rotatable bonds is 29. The zero-order valence-corrected chi connectivity index (χ0v) is 24.4. The number of unbranched alkanes of at least 4 members (excludes halogenated alkanes) is 22. The molecule has 0 aromatic heterocycles. The van der Waals surface area contributed by atoms with Gasteiger partial charge in [0, 0.05) is 6.04 Å². The van der Waals surface area contributed by atoms with Crippen LogP contribution >= 0.6 is 0 Å². The van der Waals surface area contributed by atoms with Gasteiger partial charge in [0.05, 0.1) is 0 Å². The first kappa shape index (κ1) is 33.9. The van der Waals surface area contributed by atoms with Gasteiger partial charge >= 0.3 is 0 Å². The molecule has 0 saturated carbocycles. The van der Waals surface area contributed by atoms with Gasteiger partial charge in [0.1, 0.15) is 0 Å². The van der Waals surface area contributed by atoms with Crippen molar-refractivity contribution in [2.24, 2.45) is 5.73 Å². The Balaban J connectivity index is 3.60. The number of nitrogens with zero attached hydrogens (tertiary/aromatic N) is 1. The third-order valence-electron chi connectivity index (χ3n) is 7.56. The van der Waals surface area contributed by atoms with Crippen LogP contribution in [-0.2, 0) is 0 Å². The van der Waals surface area contributed by atoms with Crippen LogP contribution in [0.1, 0.15) is 181 Å². The smallest absolute Gasteiger partial charge is 0.00226 e. The van der Waals surface area contributed by atoms with E-state index in [0.29, 0.717) is 6.04 Å². The predicted molar refractivity (Wildman–Crippen MR) is 157 cm³/mol. The minimum Gasteiger partial charge on any atom is -0.328 e. The summed E-state index contributed by atoms with van der Waals surface area (Å²) in [6.45, 7) is 10.6. The molecule has 1 unspecified atom stereocenters. The molecule has 0 radical (unpaired) electrons. The van der Waals surface area contributed by atoms with E-state index in [0.717, 1.165) is 6.42 Å². The lowest BCUT2D eigenvalue weighted by Crippen LogP contribution is -2.31. The summed E-state index contributed by atoms with van der Waals surface area (Å²) >= 11 is 0. The molecule has 0 amide bonds. The predicted octanol–water partition coefficient (Wildman–Crippen LogP) is 10.4. The molecular weight excluding hydrogens is 412 g/mol. The number of hydrogen-bond acceptors (Lipinski definition) is 2. The van der Waals surface area contributed by atoms with E-state index >= 15 is 0 Å². The molecule has 0 aliphatic carbocycles. The largest absolute Gasteiger partial charge is 0.328 e. The van der Waals surface area contributed by atoms with Crippen LogP contribution in [0.2, 0.25) is 0 Å². The van der Waals surface area contributed by atoms with Gasteiger partial charge in [0.2, 0.25) is 0 Å². The molecule has 2 N–H and O–H groups in total. The molecule has 0 heterocycles. The summed E-state index contributed by atoms with van der Waals surface area (Å²) in [4.78, 5) is 2.72. The molecule has 0 spiro atoms. The van der Waals surface area contributed by atoms with E-state index in [1.165, 1.54) is 174 Å². The van der Waals surface area contributed by atoms with Crippen molar-refractivity contribution < 1.29 is 0 Å². The maximum Gasteiger partial charge on any atom is 0.00226 e. The Hall–Kier alpha value is -0.0800. The highest BCUT2D eigenvalue weighted by molar-refractivity contribution is 4.63. The van der Waals surface area contributed by atoms with Gasteiger partial charge in [-0.1, -0.05) is 155 Å². The Morgan fingerprint density at radius 1 is 0.412 bits per heavy atom. The summed E-state index contributed by atoms with van der Waals surface area (Å²) < 4.78 is 0. The van der Waals surface area contributed by atoms with Gasteiger partial charge in [-0.2, -0.15) is 0 Å². The first-order valence-corrected chi connectivity index (χ1v) is 16.2. The number of hydrogen-bond donors (Lipinski definition) is 1. The highest BCUT2D eigenvalue weighted by atomic mass is 15.1. The van der Waals surface area contributed by atoms with Gasteiger partial charge in [-0.25, -0.2) is 0 Å². The van der Waals surface area contributed by atoms with Crippen molar-refractivity contribution in [1.29, 1.82) is 0 Å². The van der Waals surface area contributed by atoms with Crippen LogP contribution in [0.3, 0.4) is 0 Å². The summed E-state index contributed by atoms with van der Waals surface area (Å²) in [5.41, 5.74) is 6.05. The Kier molecular flexibility index (Phi) is 29.1. The molecule has 0 rings (SSSR count). The molecule has 0 aliphatic rings. The third-order valence-corrected chi connectivity index (χ3v) is 7.56. The molecule has 0 bridgehead atoms. The molecule has 0 aromatic rings. The topological polar surface area (TPSA) is 29.3 Å². The quantitative estimate of drug-likeness (QED) is 0.108. The zero-order valence-electron chi connectivity index (χ0n) is 24.4. The average molecular weight is 481 g/mol. The standard InChI is InChI=1S/C32H68N2/c1-4-6-8-10-12-14-16-18-20-22-24-26-29-34(31-28-32(3)33)30-27-25-23-21-19-17-15-13-11-9-7-5-2/h32H,4-31,33H2,1-3H3. The minimum absolute atomic E-state index is 0.339. The monoisotopic (exact) mass is 481 g/mol. The second kappa shape index (κ2) is 29.2. The van der Waals surface area contributed by atoms with Crippen LogP contribution in [0.5, 0.6) is 0 Å². The fourth-order valence-electron chi connectivity index (χ4n) is 5.07. The summed E-state index contributed by atoms with van der Waals surface area (Å²) in [6, 6.07) is 0.339. The first-order valence-electron chi connectivity index (χ1n) is 16.2. The van der Waals surface area contributed by atoms with Gasteiger partial charge in [-0.3, -0.25) is 0 Å². The fourth-order valence-corrected chi connectivity index (χ4v) is 5.07. The number of nitrogens with two attached hydrogens (primary N) is 1. The molecule has 34 heavy (non-hydrogen) atoms. The van der Waals surface area contributed by atoms with Crippen LogP contribution in [0, 0.1) is 0 Å². The van der Waals surface area contributed by atoms with Crippen molar-refractivity contribution in [2.75, 3.05) is 19.6 Å². The minimum atomic E-state index is 0.339. The average Bonchev–Trinajstić information content (AvgIpc) is 2.83. The Morgan fingerprint density at radius 2 is 0.676 bits per heavy atom. The van der Waals surface area contributed by atoms with E-state index in [1.54, 1.807) is 0 Å². The van der Waals surface area contributed by atoms with Crippen molar-refractivity contribution in [3.05, 3.63) is 0 Å². The summed E-state index contributed by atoms with van der Waals surface area (Å²) in [6.07, 6.45) is 35.7. The van der Waals surface area contributed by atoms with E-state index in [9.17, 15) is 0 Å². The normalized spacial score (nSPS) is 12.6. The SMILES string of the molecule is CCCCCCCCCCCCCCN(CCCCCCCCCCCCCC)CCC(C)N. The van der Waals surface area contributed by atoms with Crippen LogP contribution in [-0.4, -0.2) is 30.6 Å². The molecule has 0 aromatic carbocycles. The van der Waals surface area contributed by atoms with Gasteiger partial charge in [0.15, 0.2) is 0 Å². The van der Waals surface area contributed by atoms with Crippen molar-refractivity contribution in [3.8, 4) is 0 Å². The van der Waals surface area contributed by atoms with Crippen molar-refractivity contribution in [3.63, 3.8) is 0 Å². The van der Waals surface area contributed by atoms with E-state index in [4.69, 9.17) is 5.73 Å². The van der Waals surface area contributed by atoms with Gasteiger partial charge < -0.3 is 10.6 Å². The molecule has 0 saturated heterocycles. The molecule has 2 heteroatoms. The molecule has 0 fully saturated rings.